The van der Waals surface area contributed by atoms with Gasteiger partial charge in [0.2, 0.25) is 0 Å². The quantitative estimate of drug-likeness (QED) is 0.750. The molecule has 0 heterocycles. The van der Waals surface area contributed by atoms with Gasteiger partial charge in [0.05, 0.1) is 11.7 Å². The minimum Gasteiger partial charge on any atom is -0.390 e. The van der Waals surface area contributed by atoms with E-state index in [0.29, 0.717) is 17.9 Å². The van der Waals surface area contributed by atoms with Crippen LogP contribution in [0.2, 0.25) is 0 Å². The third-order valence-corrected chi connectivity index (χ3v) is 3.34. The van der Waals surface area contributed by atoms with Crippen molar-refractivity contribution in [3.8, 4) is 0 Å². The maximum atomic E-state index is 9.87. The lowest BCUT2D eigenvalue weighted by Gasteiger charge is -2.41. The van der Waals surface area contributed by atoms with Crippen LogP contribution in [0.3, 0.4) is 0 Å². The summed E-state index contributed by atoms with van der Waals surface area (Å²) in [4.78, 5) is 0. The molecule has 0 radical (unpaired) electrons. The molecular weight excluding hydrogens is 267 g/mol. The van der Waals surface area contributed by atoms with Crippen molar-refractivity contribution in [1.29, 1.82) is 0 Å². The summed E-state index contributed by atoms with van der Waals surface area (Å²) in [5, 5.41) is 9.87. The Kier molecular flexibility index (Phi) is 3.40. The molecule has 1 aliphatic carbocycles. The molecule has 3 heteroatoms. The van der Waals surface area contributed by atoms with Gasteiger partial charge in [-0.25, -0.2) is 0 Å². The molecule has 1 aliphatic rings. The average molecular weight is 284 g/mol. The maximum Gasteiger partial charge on any atom is 0.110 e. The van der Waals surface area contributed by atoms with Crippen LogP contribution < -0.4 is 0 Å². The minimum atomic E-state index is -0.482. The van der Waals surface area contributed by atoms with Gasteiger partial charge in [0.15, 0.2) is 0 Å². The van der Waals surface area contributed by atoms with Crippen LogP contribution >= 0.6 is 23.0 Å². The Morgan fingerprint density at radius 1 is 1.33 bits per heavy atom. The Balaban J connectivity index is 2.63. The highest BCUT2D eigenvalue weighted by Crippen LogP contribution is 2.38. The average Bonchev–Trinajstić information content (AvgIpc) is 1.82. The van der Waals surface area contributed by atoms with Crippen LogP contribution in [0.25, 0.3) is 0 Å². The van der Waals surface area contributed by atoms with Gasteiger partial charge in [0.25, 0.3) is 0 Å². The molecule has 1 fully saturated rings. The number of hydrogen-bond acceptors (Lipinski definition) is 2. The fourth-order valence-electron chi connectivity index (χ4n) is 2.44. The van der Waals surface area contributed by atoms with Gasteiger partial charge in [-0.3, -0.25) is 0 Å². The summed E-state index contributed by atoms with van der Waals surface area (Å²) in [6, 6.07) is 0. The Labute approximate surface area is 88.4 Å². The van der Waals surface area contributed by atoms with Crippen molar-refractivity contribution in [2.75, 3.05) is 0 Å². The van der Waals surface area contributed by atoms with Crippen LogP contribution in [0.15, 0.2) is 0 Å². The lowest BCUT2D eigenvalue weighted by molar-refractivity contribution is -0.0564. The largest absolute Gasteiger partial charge is 0.390 e. The summed E-state index contributed by atoms with van der Waals surface area (Å²) in [6.07, 6.45) is 2.02. The molecule has 1 rings (SSSR count). The second-order valence-corrected chi connectivity index (χ2v) is 4.92. The van der Waals surface area contributed by atoms with Crippen LogP contribution in [-0.2, 0) is 3.07 Å². The Morgan fingerprint density at radius 2 is 1.75 bits per heavy atom. The van der Waals surface area contributed by atoms with Gasteiger partial charge in [-0.05, 0) is 31.6 Å². The van der Waals surface area contributed by atoms with Gasteiger partial charge in [0.1, 0.15) is 23.0 Å². The molecule has 0 aromatic heterocycles. The molecule has 0 amide bonds. The van der Waals surface area contributed by atoms with Crippen LogP contribution in [0.1, 0.15) is 33.6 Å². The molecule has 0 aromatic rings. The van der Waals surface area contributed by atoms with E-state index in [0.717, 1.165) is 12.8 Å². The molecule has 12 heavy (non-hydrogen) atoms. The van der Waals surface area contributed by atoms with E-state index in [1.165, 1.54) is 0 Å². The van der Waals surface area contributed by atoms with Crippen LogP contribution in [0.5, 0.6) is 0 Å². The molecule has 1 saturated carbocycles. The van der Waals surface area contributed by atoms with Gasteiger partial charge in [0, 0.05) is 0 Å². The van der Waals surface area contributed by atoms with Crippen molar-refractivity contribution in [2.45, 2.75) is 45.3 Å². The predicted octanol–water partition coefficient (Wildman–Crippen LogP) is 2.54. The Bertz CT molecular complexity index is 145. The van der Waals surface area contributed by atoms with Crippen LogP contribution in [0.4, 0.5) is 0 Å². The monoisotopic (exact) mass is 284 g/mol. The number of aliphatic hydroxyl groups is 1. The second kappa shape index (κ2) is 3.80. The van der Waals surface area contributed by atoms with E-state index in [1.807, 2.05) is 29.9 Å². The van der Waals surface area contributed by atoms with Crippen molar-refractivity contribution in [3.63, 3.8) is 0 Å². The highest BCUT2D eigenvalue weighted by atomic mass is 127. The molecular formula is C9H17IO2. The molecule has 72 valence electrons. The minimum absolute atomic E-state index is 0.311. The van der Waals surface area contributed by atoms with Crippen molar-refractivity contribution in [3.05, 3.63) is 0 Å². The molecule has 1 N–H and O–H groups in total. The summed E-state index contributed by atoms with van der Waals surface area (Å²) in [7, 11) is 0. The van der Waals surface area contributed by atoms with E-state index < -0.39 is 5.60 Å². The van der Waals surface area contributed by atoms with Crippen LogP contribution in [0, 0.1) is 11.8 Å². The summed E-state index contributed by atoms with van der Waals surface area (Å²) < 4.78 is 5.37. The van der Waals surface area contributed by atoms with E-state index in [4.69, 9.17) is 3.07 Å². The maximum absolute atomic E-state index is 9.87. The topological polar surface area (TPSA) is 29.5 Å². The van der Waals surface area contributed by atoms with E-state index in [9.17, 15) is 5.11 Å². The van der Waals surface area contributed by atoms with E-state index in [-0.39, 0.29) is 0 Å². The third-order valence-electron chi connectivity index (χ3n) is 2.75. The van der Waals surface area contributed by atoms with Crippen molar-refractivity contribution < 1.29 is 8.17 Å². The van der Waals surface area contributed by atoms with Gasteiger partial charge >= 0.3 is 0 Å². The zero-order valence-corrected chi connectivity index (χ0v) is 10.0. The summed E-state index contributed by atoms with van der Waals surface area (Å²) in [5.41, 5.74) is -0.482. The standard InChI is InChI=1S/C9H17IO2/c1-6-4-9(3,11)5-7(2)8(6)12-10/h6-8,11H,4-5H2,1-3H3. The zero-order valence-electron chi connectivity index (χ0n) is 7.88. The van der Waals surface area contributed by atoms with E-state index in [2.05, 4.69) is 13.8 Å². The molecule has 0 aliphatic heterocycles. The molecule has 2 atom stereocenters. The Morgan fingerprint density at radius 3 is 2.08 bits per heavy atom. The number of hydrogen-bond donors (Lipinski definition) is 1. The lowest BCUT2D eigenvalue weighted by Crippen LogP contribution is -2.43. The summed E-state index contributed by atoms with van der Waals surface area (Å²) >= 11 is 1.97. The van der Waals surface area contributed by atoms with Crippen LogP contribution in [-0.4, -0.2) is 16.8 Å². The lowest BCUT2D eigenvalue weighted by atomic mass is 9.73. The van der Waals surface area contributed by atoms with Crippen molar-refractivity contribution in [2.24, 2.45) is 11.8 Å². The first-order valence-electron chi connectivity index (χ1n) is 4.46. The smallest absolute Gasteiger partial charge is 0.110 e. The fraction of sp³-hybridized carbons (Fsp3) is 1.00. The molecule has 2 unspecified atom stereocenters. The van der Waals surface area contributed by atoms with Crippen molar-refractivity contribution in [1.82, 2.24) is 0 Å². The van der Waals surface area contributed by atoms with Gasteiger partial charge < -0.3 is 8.17 Å². The van der Waals surface area contributed by atoms with E-state index >= 15 is 0 Å². The first-order chi connectivity index (χ1) is 5.46. The highest BCUT2D eigenvalue weighted by Gasteiger charge is 2.39. The summed E-state index contributed by atoms with van der Waals surface area (Å²) in [6.45, 7) is 6.21. The third kappa shape index (κ3) is 2.33. The summed E-state index contributed by atoms with van der Waals surface area (Å²) in [5.74, 6) is 0.918. The molecule has 0 aromatic carbocycles. The van der Waals surface area contributed by atoms with Gasteiger partial charge in [-0.2, -0.15) is 0 Å². The highest BCUT2D eigenvalue weighted by molar-refractivity contribution is 14.1. The van der Waals surface area contributed by atoms with E-state index in [1.54, 1.807) is 0 Å². The van der Waals surface area contributed by atoms with Gasteiger partial charge in [-0.1, -0.05) is 13.8 Å². The number of rotatable bonds is 1. The SMILES string of the molecule is CC1CC(C)(O)CC(C)C1OI. The first-order valence-corrected chi connectivity index (χ1v) is 5.34. The molecule has 0 spiro atoms. The molecule has 0 saturated heterocycles. The predicted molar refractivity (Wildman–Crippen MR) is 57.1 cm³/mol. The first kappa shape index (κ1) is 10.7. The second-order valence-electron chi connectivity index (χ2n) is 4.41. The van der Waals surface area contributed by atoms with Crippen molar-refractivity contribution >= 4 is 23.0 Å². The number of halogens is 1. The molecule has 0 bridgehead atoms. The Hall–Kier alpha value is 0.650. The zero-order chi connectivity index (χ0) is 9.35. The molecule has 2 nitrogen and oxygen atoms in total. The fourth-order valence-corrected chi connectivity index (χ4v) is 3.44. The van der Waals surface area contributed by atoms with Gasteiger partial charge in [-0.15, -0.1) is 0 Å². The normalized spacial score (nSPS) is 49.2.